The fourth-order valence-electron chi connectivity index (χ4n) is 4.39. The van der Waals surface area contributed by atoms with Crippen LogP contribution in [0.5, 0.6) is 0 Å². The molecule has 9 nitrogen and oxygen atoms in total. The van der Waals surface area contributed by atoms with Gasteiger partial charge in [0.15, 0.2) is 0 Å². The monoisotopic (exact) mass is 602 g/mol. The van der Waals surface area contributed by atoms with Gasteiger partial charge in [0, 0.05) is 59.8 Å². The molecule has 1 atom stereocenters. The molecule has 1 N–H and O–H groups in total. The first-order chi connectivity index (χ1) is 16.6. The van der Waals surface area contributed by atoms with Crippen LogP contribution in [0.3, 0.4) is 0 Å². The van der Waals surface area contributed by atoms with E-state index in [9.17, 15) is 14.4 Å². The maximum Gasteiger partial charge on any atom is 0.255 e. The molecule has 2 fully saturated rings. The number of halogens is 1. The van der Waals surface area contributed by atoms with Gasteiger partial charge in [-0.3, -0.25) is 29.5 Å². The second-order valence-corrected chi connectivity index (χ2v) is 10.7. The maximum atomic E-state index is 12.9. The molecule has 0 spiro atoms. The third kappa shape index (κ3) is 6.49. The standard InChI is InChI=1S/C23H31IN4O5S/c24-6-11-32-15-26-7-9-27(10-8-26)16-33-12-13-34-20-3-1-2-17-18(20)14-28(23(17)31)19-4-5-21(29)25-22(19)30/h1-3,19H,4-16H2,(H,25,29,30). The number of ether oxygens (including phenoxy) is 2. The van der Waals surface area contributed by atoms with Crippen molar-refractivity contribution in [3.63, 3.8) is 0 Å². The Morgan fingerprint density at radius 3 is 2.41 bits per heavy atom. The lowest BCUT2D eigenvalue weighted by atomic mass is 10.0. The van der Waals surface area contributed by atoms with Crippen molar-refractivity contribution in [2.45, 2.75) is 30.3 Å². The van der Waals surface area contributed by atoms with Gasteiger partial charge in [-0.1, -0.05) is 28.7 Å². The number of imide groups is 1. The molecule has 11 heteroatoms. The number of fused-ring (bicyclic) bond motifs is 1. The van der Waals surface area contributed by atoms with E-state index in [4.69, 9.17) is 9.47 Å². The van der Waals surface area contributed by atoms with Crippen LogP contribution in [0.2, 0.25) is 0 Å². The fraction of sp³-hybridized carbons (Fsp3) is 0.609. The number of amides is 3. The third-order valence-corrected chi connectivity index (χ3v) is 7.76. The lowest BCUT2D eigenvalue weighted by Crippen LogP contribution is -2.52. The molecule has 0 aromatic heterocycles. The van der Waals surface area contributed by atoms with Crippen molar-refractivity contribution < 1.29 is 23.9 Å². The number of piperidine rings is 1. The summed E-state index contributed by atoms with van der Waals surface area (Å²) in [6.45, 7) is 7.09. The Morgan fingerprint density at radius 2 is 1.74 bits per heavy atom. The summed E-state index contributed by atoms with van der Waals surface area (Å²) in [5.41, 5.74) is 1.61. The van der Waals surface area contributed by atoms with Gasteiger partial charge in [-0.2, -0.15) is 0 Å². The molecule has 1 aromatic carbocycles. The van der Waals surface area contributed by atoms with Crippen LogP contribution < -0.4 is 5.32 Å². The van der Waals surface area contributed by atoms with Crippen LogP contribution in [-0.4, -0.2) is 101 Å². The van der Waals surface area contributed by atoms with Crippen LogP contribution >= 0.6 is 34.4 Å². The van der Waals surface area contributed by atoms with Gasteiger partial charge in [-0.15, -0.1) is 11.8 Å². The minimum absolute atomic E-state index is 0.137. The van der Waals surface area contributed by atoms with Crippen LogP contribution in [0.1, 0.15) is 28.8 Å². The Kier molecular flexibility index (Phi) is 9.60. The molecule has 4 rings (SSSR count). The molecule has 1 unspecified atom stereocenters. The lowest BCUT2D eigenvalue weighted by Gasteiger charge is -2.34. The van der Waals surface area contributed by atoms with E-state index in [0.29, 0.717) is 38.6 Å². The second-order valence-electron chi connectivity index (χ2n) is 8.53. The number of thioether (sulfide) groups is 1. The van der Waals surface area contributed by atoms with Crippen LogP contribution in [0.25, 0.3) is 0 Å². The predicted octanol–water partition coefficient (Wildman–Crippen LogP) is 1.54. The number of nitrogens with zero attached hydrogens (tertiary/aromatic N) is 3. The van der Waals surface area contributed by atoms with Crippen molar-refractivity contribution in [2.75, 3.05) is 63.0 Å². The first-order valence-corrected chi connectivity index (χ1v) is 14.1. The summed E-state index contributed by atoms with van der Waals surface area (Å²) in [6, 6.07) is 5.13. The van der Waals surface area contributed by atoms with Crippen molar-refractivity contribution in [1.82, 2.24) is 20.0 Å². The van der Waals surface area contributed by atoms with Crippen LogP contribution in [-0.2, 0) is 25.6 Å². The predicted molar refractivity (Wildman–Crippen MR) is 137 cm³/mol. The molecule has 0 saturated carbocycles. The normalized spacial score (nSPS) is 21.7. The first kappa shape index (κ1) is 25.8. The van der Waals surface area contributed by atoms with E-state index in [1.165, 1.54) is 0 Å². The molecule has 2 saturated heterocycles. The Balaban J connectivity index is 1.19. The van der Waals surface area contributed by atoms with E-state index < -0.39 is 6.04 Å². The molecule has 1 aromatic rings. The van der Waals surface area contributed by atoms with E-state index in [-0.39, 0.29) is 24.1 Å². The first-order valence-electron chi connectivity index (χ1n) is 11.6. The van der Waals surface area contributed by atoms with E-state index in [0.717, 1.165) is 53.4 Å². The number of carbonyl (C=O) groups excluding carboxylic acids is 3. The maximum absolute atomic E-state index is 12.9. The largest absolute Gasteiger partial charge is 0.365 e. The number of benzene rings is 1. The minimum atomic E-state index is -0.586. The number of hydrogen-bond acceptors (Lipinski definition) is 8. The Morgan fingerprint density at radius 1 is 1.03 bits per heavy atom. The van der Waals surface area contributed by atoms with Crippen LogP contribution in [0.15, 0.2) is 23.1 Å². The quantitative estimate of drug-likeness (QED) is 0.134. The Labute approximate surface area is 218 Å². The molecule has 0 aliphatic carbocycles. The number of carbonyl (C=O) groups is 3. The summed E-state index contributed by atoms with van der Waals surface area (Å²) < 4.78 is 12.5. The van der Waals surface area contributed by atoms with E-state index in [1.807, 2.05) is 18.2 Å². The zero-order valence-corrected chi connectivity index (χ0v) is 22.1. The van der Waals surface area contributed by atoms with Crippen molar-refractivity contribution in [3.05, 3.63) is 29.3 Å². The van der Waals surface area contributed by atoms with E-state index in [2.05, 4.69) is 37.7 Å². The van der Waals surface area contributed by atoms with Crippen LogP contribution in [0.4, 0.5) is 0 Å². The summed E-state index contributed by atoms with van der Waals surface area (Å²) >= 11 is 3.99. The molecule has 186 valence electrons. The van der Waals surface area contributed by atoms with Crippen molar-refractivity contribution >= 4 is 52.1 Å². The summed E-state index contributed by atoms with van der Waals surface area (Å²) in [5.74, 6) is -0.00650. The average molecular weight is 602 g/mol. The highest BCUT2D eigenvalue weighted by Crippen LogP contribution is 2.34. The molecule has 3 aliphatic heterocycles. The summed E-state index contributed by atoms with van der Waals surface area (Å²) in [5, 5.41) is 2.35. The zero-order valence-electron chi connectivity index (χ0n) is 19.2. The number of rotatable bonds is 11. The zero-order chi connectivity index (χ0) is 23.9. The molecule has 0 radical (unpaired) electrons. The Bertz CT molecular complexity index is 896. The fourth-order valence-corrected chi connectivity index (χ4v) is 5.65. The highest BCUT2D eigenvalue weighted by Gasteiger charge is 2.39. The highest BCUT2D eigenvalue weighted by atomic mass is 127. The van der Waals surface area contributed by atoms with Crippen molar-refractivity contribution in [2.24, 2.45) is 0 Å². The van der Waals surface area contributed by atoms with Gasteiger partial charge < -0.3 is 14.4 Å². The number of piperazine rings is 1. The third-order valence-electron chi connectivity index (χ3n) is 6.26. The van der Waals surface area contributed by atoms with Crippen molar-refractivity contribution in [1.29, 1.82) is 0 Å². The second kappa shape index (κ2) is 12.6. The number of nitrogens with one attached hydrogen (secondary N) is 1. The smallest absolute Gasteiger partial charge is 0.255 e. The molecule has 34 heavy (non-hydrogen) atoms. The molecule has 0 bridgehead atoms. The number of alkyl halides is 1. The Hall–Kier alpha value is -1.25. The summed E-state index contributed by atoms with van der Waals surface area (Å²) in [7, 11) is 0. The summed E-state index contributed by atoms with van der Waals surface area (Å²) in [6.07, 6.45) is 0.636. The molecular weight excluding hydrogens is 571 g/mol. The van der Waals surface area contributed by atoms with Gasteiger partial charge >= 0.3 is 0 Å². The van der Waals surface area contributed by atoms with Crippen molar-refractivity contribution in [3.8, 4) is 0 Å². The van der Waals surface area contributed by atoms with Gasteiger partial charge in [0.1, 0.15) is 6.04 Å². The summed E-state index contributed by atoms with van der Waals surface area (Å²) in [4.78, 5) is 43.9. The van der Waals surface area contributed by atoms with Gasteiger partial charge in [-0.25, -0.2) is 0 Å². The van der Waals surface area contributed by atoms with Gasteiger partial charge in [-0.05, 0) is 24.1 Å². The van der Waals surface area contributed by atoms with E-state index >= 15 is 0 Å². The van der Waals surface area contributed by atoms with Gasteiger partial charge in [0.05, 0.1) is 26.7 Å². The SMILES string of the molecule is O=C1CCC(N2Cc3c(SCCOCN4CCN(COCCI)CC4)cccc3C2=O)C(=O)N1. The average Bonchev–Trinajstić information content (AvgIpc) is 3.17. The minimum Gasteiger partial charge on any atom is -0.365 e. The molecule has 3 amide bonds. The lowest BCUT2D eigenvalue weighted by molar-refractivity contribution is -0.136. The van der Waals surface area contributed by atoms with Crippen LogP contribution in [0, 0.1) is 0 Å². The van der Waals surface area contributed by atoms with Gasteiger partial charge in [0.25, 0.3) is 5.91 Å². The molecular formula is C23H31IN4O5S. The molecule has 3 aliphatic rings. The molecule has 3 heterocycles. The number of hydrogen-bond donors (Lipinski definition) is 1. The highest BCUT2D eigenvalue weighted by molar-refractivity contribution is 14.1. The van der Waals surface area contributed by atoms with E-state index in [1.54, 1.807) is 16.7 Å². The van der Waals surface area contributed by atoms with Gasteiger partial charge in [0.2, 0.25) is 11.8 Å². The topological polar surface area (TPSA) is 91.4 Å².